The maximum Gasteiger partial charge on any atom is 0.410 e. The molecular formula is C25H30N2O5. The molecule has 1 aliphatic carbocycles. The fourth-order valence-electron chi connectivity index (χ4n) is 5.32. The van der Waals surface area contributed by atoms with Crippen LogP contribution in [0.25, 0.3) is 11.1 Å². The van der Waals surface area contributed by atoms with Crippen LogP contribution in [0, 0.1) is 0 Å². The lowest BCUT2D eigenvalue weighted by Crippen LogP contribution is -2.55. The lowest BCUT2D eigenvalue weighted by molar-refractivity contribution is -0.225. The fraction of sp³-hybridized carbons (Fsp3) is 0.520. The Morgan fingerprint density at radius 2 is 1.72 bits per heavy atom. The predicted octanol–water partition coefficient (Wildman–Crippen LogP) is 4.01. The van der Waals surface area contributed by atoms with E-state index in [-0.39, 0.29) is 17.7 Å². The molecule has 2 spiro atoms. The van der Waals surface area contributed by atoms with Gasteiger partial charge in [-0.15, -0.1) is 0 Å². The number of hydrogen-bond donors (Lipinski definition) is 0. The zero-order valence-electron chi connectivity index (χ0n) is 18.7. The van der Waals surface area contributed by atoms with Gasteiger partial charge < -0.3 is 23.7 Å². The van der Waals surface area contributed by atoms with Gasteiger partial charge in [0.25, 0.3) is 5.56 Å². The quantitative estimate of drug-likeness (QED) is 0.724. The summed E-state index contributed by atoms with van der Waals surface area (Å²) in [5.74, 6) is -0.569. The van der Waals surface area contributed by atoms with Gasteiger partial charge in [-0.2, -0.15) is 0 Å². The summed E-state index contributed by atoms with van der Waals surface area (Å²) in [7, 11) is 1.74. The first-order valence-electron chi connectivity index (χ1n) is 11.4. The highest BCUT2D eigenvalue weighted by atomic mass is 16.7. The van der Waals surface area contributed by atoms with Crippen molar-refractivity contribution in [2.75, 3.05) is 19.8 Å². The smallest absolute Gasteiger partial charge is 0.410 e. The molecule has 0 bridgehead atoms. The molecule has 7 heteroatoms. The van der Waals surface area contributed by atoms with Crippen LogP contribution < -0.4 is 5.56 Å². The van der Waals surface area contributed by atoms with Gasteiger partial charge in [0.15, 0.2) is 5.79 Å². The van der Waals surface area contributed by atoms with Gasteiger partial charge in [0.05, 0.1) is 19.3 Å². The minimum absolute atomic E-state index is 0.0390. The van der Waals surface area contributed by atoms with E-state index in [1.807, 2.05) is 37.3 Å². The Labute approximate surface area is 187 Å². The molecule has 2 atom stereocenters. The molecule has 5 rings (SSSR count). The molecule has 3 heterocycles. The summed E-state index contributed by atoms with van der Waals surface area (Å²) in [5, 5.41) is 0. The van der Waals surface area contributed by atoms with Crippen molar-refractivity contribution in [3.63, 3.8) is 0 Å². The largest absolute Gasteiger partial charge is 0.442 e. The van der Waals surface area contributed by atoms with E-state index in [0.717, 1.165) is 42.4 Å². The van der Waals surface area contributed by atoms with Gasteiger partial charge in [-0.1, -0.05) is 24.3 Å². The Hall–Kier alpha value is -2.64. The Bertz CT molecular complexity index is 1060. The highest BCUT2D eigenvalue weighted by Gasteiger charge is 2.53. The van der Waals surface area contributed by atoms with Crippen LogP contribution in [-0.4, -0.2) is 46.7 Å². The van der Waals surface area contributed by atoms with Gasteiger partial charge >= 0.3 is 6.09 Å². The van der Waals surface area contributed by atoms with Crippen LogP contribution in [0.5, 0.6) is 0 Å². The first kappa shape index (κ1) is 21.2. The molecule has 1 saturated carbocycles. The monoisotopic (exact) mass is 438 g/mol. The molecule has 2 aliphatic heterocycles. The normalized spacial score (nSPS) is 25.8. The van der Waals surface area contributed by atoms with Crippen molar-refractivity contribution in [3.8, 4) is 11.1 Å². The molecule has 0 N–H and O–H groups in total. The number of rotatable bonds is 3. The summed E-state index contributed by atoms with van der Waals surface area (Å²) in [6.45, 7) is 3.89. The minimum atomic E-state index is -0.569. The number of carbonyl (C=O) groups is 1. The highest BCUT2D eigenvalue weighted by molar-refractivity contribution is 5.70. The molecule has 170 valence electrons. The van der Waals surface area contributed by atoms with Crippen molar-refractivity contribution in [1.82, 2.24) is 9.47 Å². The topological polar surface area (TPSA) is 70.0 Å². The van der Waals surface area contributed by atoms with E-state index in [9.17, 15) is 9.59 Å². The summed E-state index contributed by atoms with van der Waals surface area (Å²) in [4.78, 5) is 26.8. The van der Waals surface area contributed by atoms with E-state index >= 15 is 0 Å². The lowest BCUT2D eigenvalue weighted by atomic mass is 9.78. The molecule has 1 amide bonds. The van der Waals surface area contributed by atoms with Crippen molar-refractivity contribution in [2.24, 2.45) is 7.05 Å². The SMILES string of the molecule is C[C@@H](c1ccc(-c2ccn(C)c(=O)c2)cc1)N1CC[C@]2(CCCC3(C2)OCCO3)OC1=O. The summed E-state index contributed by atoms with van der Waals surface area (Å²) in [6.07, 6.45) is 5.57. The Morgan fingerprint density at radius 1 is 0.969 bits per heavy atom. The standard InChI is InChI=1S/C25H30N2O5/c1-18(19-4-6-20(7-5-19)21-8-12-26(2)22(28)16-21)27-13-11-24(32-23(27)29)9-3-10-25(17-24)30-14-15-31-25/h4-8,12,16,18H,3,9-11,13-15,17H2,1-2H3/t18-,24-/m0/s1. The van der Waals surface area contributed by atoms with E-state index in [1.54, 1.807) is 28.8 Å². The molecule has 3 aliphatic rings. The van der Waals surface area contributed by atoms with Crippen LogP contribution in [0.3, 0.4) is 0 Å². The maximum atomic E-state index is 13.0. The van der Waals surface area contributed by atoms with Crippen LogP contribution in [0.4, 0.5) is 4.79 Å². The van der Waals surface area contributed by atoms with E-state index in [0.29, 0.717) is 26.2 Å². The van der Waals surface area contributed by atoms with Crippen LogP contribution in [0.15, 0.2) is 47.4 Å². The highest BCUT2D eigenvalue weighted by Crippen LogP contribution is 2.46. The van der Waals surface area contributed by atoms with E-state index in [4.69, 9.17) is 14.2 Å². The van der Waals surface area contributed by atoms with Gasteiger partial charge in [-0.05, 0) is 42.5 Å². The number of hydrogen-bond acceptors (Lipinski definition) is 5. The number of carbonyl (C=O) groups excluding carboxylic acids is 1. The average Bonchev–Trinajstić information content (AvgIpc) is 3.22. The summed E-state index contributed by atoms with van der Waals surface area (Å²) >= 11 is 0. The third-order valence-corrected chi connectivity index (χ3v) is 7.24. The fourth-order valence-corrected chi connectivity index (χ4v) is 5.32. The van der Waals surface area contributed by atoms with E-state index < -0.39 is 11.4 Å². The second-order valence-corrected chi connectivity index (χ2v) is 9.29. The lowest BCUT2D eigenvalue weighted by Gasteiger charge is -2.48. The van der Waals surface area contributed by atoms with Crippen LogP contribution in [0.1, 0.15) is 50.6 Å². The molecule has 2 aromatic rings. The van der Waals surface area contributed by atoms with Crippen molar-refractivity contribution >= 4 is 6.09 Å². The number of pyridine rings is 1. The zero-order chi connectivity index (χ0) is 22.3. The maximum absolute atomic E-state index is 13.0. The van der Waals surface area contributed by atoms with Gasteiger partial charge in [0, 0.05) is 45.1 Å². The number of aromatic nitrogens is 1. The molecular weight excluding hydrogens is 408 g/mol. The van der Waals surface area contributed by atoms with Crippen molar-refractivity contribution in [3.05, 3.63) is 58.5 Å². The van der Waals surface area contributed by atoms with E-state index in [2.05, 4.69) is 0 Å². The predicted molar refractivity (Wildman–Crippen MR) is 119 cm³/mol. The number of ether oxygens (including phenoxy) is 3. The number of amides is 1. The van der Waals surface area contributed by atoms with Gasteiger partial charge in [-0.25, -0.2) is 4.79 Å². The molecule has 7 nitrogen and oxygen atoms in total. The first-order chi connectivity index (χ1) is 15.4. The third kappa shape index (κ3) is 3.84. The van der Waals surface area contributed by atoms with Crippen LogP contribution in [0.2, 0.25) is 0 Å². The summed E-state index contributed by atoms with van der Waals surface area (Å²) < 4.78 is 19.4. The van der Waals surface area contributed by atoms with Crippen LogP contribution in [-0.2, 0) is 21.3 Å². The van der Waals surface area contributed by atoms with Gasteiger partial charge in [0.1, 0.15) is 5.60 Å². The van der Waals surface area contributed by atoms with Crippen molar-refractivity contribution in [1.29, 1.82) is 0 Å². The Morgan fingerprint density at radius 3 is 2.41 bits per heavy atom. The van der Waals surface area contributed by atoms with Crippen LogP contribution >= 0.6 is 0 Å². The third-order valence-electron chi connectivity index (χ3n) is 7.24. The summed E-state index contributed by atoms with van der Waals surface area (Å²) in [6, 6.07) is 11.5. The minimum Gasteiger partial charge on any atom is -0.442 e. The van der Waals surface area contributed by atoms with Gasteiger partial charge in [-0.3, -0.25) is 4.79 Å². The summed E-state index contributed by atoms with van der Waals surface area (Å²) in [5.41, 5.74) is 2.37. The molecule has 1 aromatic heterocycles. The second kappa shape index (κ2) is 8.05. The molecule has 3 fully saturated rings. The van der Waals surface area contributed by atoms with Crippen molar-refractivity contribution in [2.45, 2.75) is 56.5 Å². The number of nitrogens with zero attached hydrogens (tertiary/aromatic N) is 2. The first-order valence-corrected chi connectivity index (χ1v) is 11.4. The van der Waals surface area contributed by atoms with E-state index in [1.165, 1.54) is 0 Å². The molecule has 1 aromatic carbocycles. The Balaban J connectivity index is 1.28. The molecule has 0 unspecified atom stereocenters. The molecule has 32 heavy (non-hydrogen) atoms. The molecule has 2 saturated heterocycles. The number of benzene rings is 1. The zero-order valence-corrected chi connectivity index (χ0v) is 18.7. The molecule has 0 radical (unpaired) electrons. The van der Waals surface area contributed by atoms with Crippen molar-refractivity contribution < 1.29 is 19.0 Å². The van der Waals surface area contributed by atoms with Gasteiger partial charge in [0.2, 0.25) is 0 Å². The number of aryl methyl sites for hydroxylation is 1. The second-order valence-electron chi connectivity index (χ2n) is 9.29. The average molecular weight is 439 g/mol. The Kier molecular flexibility index (Phi) is 5.34.